The molecule has 0 nitrogen and oxygen atoms in total. The van der Waals surface area contributed by atoms with E-state index in [9.17, 15) is 0 Å². The molecule has 2 aromatic rings. The fourth-order valence-electron chi connectivity index (χ4n) is 1.88. The molecule has 0 atom stereocenters. The second-order valence-corrected chi connectivity index (χ2v) is 8.39. The van der Waals surface area contributed by atoms with Crippen molar-refractivity contribution in [3.05, 3.63) is 54.5 Å². The highest BCUT2D eigenvalue weighted by molar-refractivity contribution is 14.1. The van der Waals surface area contributed by atoms with Crippen LogP contribution < -0.4 is 0 Å². The molecule has 0 aromatic heterocycles. The summed E-state index contributed by atoms with van der Waals surface area (Å²) < 4.78 is 3.42. The van der Waals surface area contributed by atoms with Gasteiger partial charge in [-0.15, -0.1) is 0 Å². The van der Waals surface area contributed by atoms with Gasteiger partial charge in [0.2, 0.25) is 0 Å². The van der Waals surface area contributed by atoms with Crippen LogP contribution in [0.4, 0.5) is 0 Å². The van der Waals surface area contributed by atoms with Gasteiger partial charge in [0.1, 0.15) is 0 Å². The minimum Gasteiger partial charge on any atom is -0.0579 e. The summed E-state index contributed by atoms with van der Waals surface area (Å²) in [6, 6.07) is 13.2. The normalized spacial score (nSPS) is 11.7. The van der Waals surface area contributed by atoms with Crippen molar-refractivity contribution < 1.29 is 0 Å². The molecule has 0 radical (unpaired) electrons. The van der Waals surface area contributed by atoms with E-state index in [1.807, 2.05) is 0 Å². The van der Waals surface area contributed by atoms with Crippen molar-refractivity contribution in [2.24, 2.45) is 0 Å². The predicted octanol–water partition coefficient (Wildman–Crippen LogP) is 6.78. The van der Waals surface area contributed by atoms with Crippen LogP contribution in [-0.4, -0.2) is 0 Å². The van der Waals surface area contributed by atoms with Crippen LogP contribution >= 0.6 is 54.5 Å². The predicted molar refractivity (Wildman–Crippen MR) is 98.7 cm³/mol. The molecule has 0 aliphatic carbocycles. The third-order valence-electron chi connectivity index (χ3n) is 3.07. The SMILES string of the molecule is CC(C)(C)c1ccc(-c2cc(Br)c(Br)c(I)c2)cc1. The van der Waals surface area contributed by atoms with E-state index in [4.69, 9.17) is 0 Å². The average Bonchev–Trinajstić information content (AvgIpc) is 2.34. The molecule has 0 aliphatic heterocycles. The molecule has 0 N–H and O–H groups in total. The summed E-state index contributed by atoms with van der Waals surface area (Å²) in [5.41, 5.74) is 4.05. The molecule has 0 saturated heterocycles. The molecule has 0 saturated carbocycles. The summed E-state index contributed by atoms with van der Waals surface area (Å²) >= 11 is 9.50. The van der Waals surface area contributed by atoms with Gasteiger partial charge in [-0.3, -0.25) is 0 Å². The van der Waals surface area contributed by atoms with Gasteiger partial charge in [0, 0.05) is 12.5 Å². The van der Waals surface area contributed by atoms with E-state index in [0.717, 1.165) is 8.95 Å². The van der Waals surface area contributed by atoms with Gasteiger partial charge in [-0.1, -0.05) is 45.0 Å². The van der Waals surface area contributed by atoms with E-state index in [0.29, 0.717) is 0 Å². The Morgan fingerprint density at radius 1 is 0.895 bits per heavy atom. The molecule has 100 valence electrons. The van der Waals surface area contributed by atoms with Crippen LogP contribution in [0.1, 0.15) is 26.3 Å². The Morgan fingerprint density at radius 3 is 1.95 bits per heavy atom. The summed E-state index contributed by atoms with van der Waals surface area (Å²) in [5, 5.41) is 0. The third kappa shape index (κ3) is 3.61. The quantitative estimate of drug-likeness (QED) is 0.303. The van der Waals surface area contributed by atoms with Gasteiger partial charge < -0.3 is 0 Å². The van der Waals surface area contributed by atoms with Crippen LogP contribution in [0.25, 0.3) is 11.1 Å². The Bertz CT molecular complexity index is 572. The van der Waals surface area contributed by atoms with Gasteiger partial charge in [-0.25, -0.2) is 0 Å². The second-order valence-electron chi connectivity index (χ2n) is 5.58. The molecule has 0 spiro atoms. The molecule has 0 amide bonds. The number of hydrogen-bond acceptors (Lipinski definition) is 0. The standard InChI is InChI=1S/C16H15Br2I/c1-16(2,3)12-6-4-10(5-7-12)11-8-13(17)15(18)14(19)9-11/h4-9H,1-3H3. The number of rotatable bonds is 1. The van der Waals surface area contributed by atoms with E-state index >= 15 is 0 Å². The van der Waals surface area contributed by atoms with Crippen LogP contribution in [0.3, 0.4) is 0 Å². The molecule has 0 fully saturated rings. The Balaban J connectivity index is 2.43. The summed E-state index contributed by atoms with van der Waals surface area (Å²) in [7, 11) is 0. The van der Waals surface area contributed by atoms with Crippen molar-refractivity contribution in [1.82, 2.24) is 0 Å². The third-order valence-corrected chi connectivity index (χ3v) is 6.67. The lowest BCUT2D eigenvalue weighted by Gasteiger charge is -2.19. The Morgan fingerprint density at radius 2 is 1.47 bits per heavy atom. The molecular formula is C16H15Br2I. The average molecular weight is 494 g/mol. The van der Waals surface area contributed by atoms with Crippen LogP contribution in [0, 0.1) is 3.57 Å². The number of benzene rings is 2. The topological polar surface area (TPSA) is 0 Å². The minimum absolute atomic E-state index is 0.202. The molecule has 2 rings (SSSR count). The van der Waals surface area contributed by atoms with Gasteiger partial charge in [-0.05, 0) is 88.7 Å². The lowest BCUT2D eigenvalue weighted by Crippen LogP contribution is -2.10. The summed E-state index contributed by atoms with van der Waals surface area (Å²) in [6.45, 7) is 6.71. The minimum atomic E-state index is 0.202. The number of hydrogen-bond donors (Lipinski definition) is 0. The zero-order valence-corrected chi connectivity index (χ0v) is 16.4. The maximum atomic E-state index is 3.59. The molecule has 0 bridgehead atoms. The largest absolute Gasteiger partial charge is 0.0579 e. The van der Waals surface area contributed by atoms with Gasteiger partial charge in [0.05, 0.1) is 0 Å². The maximum Gasteiger partial charge on any atom is 0.0451 e. The molecule has 0 aliphatic rings. The lowest BCUT2D eigenvalue weighted by atomic mass is 9.86. The van der Waals surface area contributed by atoms with E-state index in [1.165, 1.54) is 20.3 Å². The Labute approximate surface area is 145 Å². The van der Waals surface area contributed by atoms with Crippen molar-refractivity contribution >= 4 is 54.5 Å². The van der Waals surface area contributed by atoms with Crippen molar-refractivity contribution in [2.45, 2.75) is 26.2 Å². The highest BCUT2D eigenvalue weighted by atomic mass is 127. The molecule has 0 unspecified atom stereocenters. The molecule has 2 aromatic carbocycles. The van der Waals surface area contributed by atoms with Crippen molar-refractivity contribution in [2.75, 3.05) is 0 Å². The lowest BCUT2D eigenvalue weighted by molar-refractivity contribution is 0.590. The molecular weight excluding hydrogens is 479 g/mol. The van der Waals surface area contributed by atoms with Gasteiger partial charge in [0.15, 0.2) is 0 Å². The monoisotopic (exact) mass is 492 g/mol. The van der Waals surface area contributed by atoms with E-state index in [-0.39, 0.29) is 5.41 Å². The van der Waals surface area contributed by atoms with Crippen molar-refractivity contribution in [3.63, 3.8) is 0 Å². The first-order valence-electron chi connectivity index (χ1n) is 6.04. The van der Waals surface area contributed by atoms with Crippen LogP contribution in [-0.2, 0) is 5.41 Å². The zero-order chi connectivity index (χ0) is 14.2. The van der Waals surface area contributed by atoms with Crippen molar-refractivity contribution in [1.29, 1.82) is 0 Å². The fraction of sp³-hybridized carbons (Fsp3) is 0.250. The van der Waals surface area contributed by atoms with Gasteiger partial charge >= 0.3 is 0 Å². The van der Waals surface area contributed by atoms with Crippen molar-refractivity contribution in [3.8, 4) is 11.1 Å². The Hall–Kier alpha value is 0.130. The van der Waals surface area contributed by atoms with Crippen LogP contribution in [0.5, 0.6) is 0 Å². The summed E-state index contributed by atoms with van der Waals surface area (Å²) in [6.07, 6.45) is 0. The smallest absolute Gasteiger partial charge is 0.0451 e. The fourth-order valence-corrected chi connectivity index (χ4v) is 3.57. The highest BCUT2D eigenvalue weighted by Crippen LogP contribution is 2.34. The van der Waals surface area contributed by atoms with Gasteiger partial charge in [0.25, 0.3) is 0 Å². The maximum absolute atomic E-state index is 3.59. The van der Waals surface area contributed by atoms with E-state index in [2.05, 4.69) is 112 Å². The summed E-state index contributed by atoms with van der Waals surface area (Å²) in [4.78, 5) is 0. The van der Waals surface area contributed by atoms with Crippen LogP contribution in [0.15, 0.2) is 45.3 Å². The first kappa shape index (κ1) is 15.5. The first-order chi connectivity index (χ1) is 8.79. The number of halogens is 3. The Kier molecular flexibility index (Phi) is 4.79. The van der Waals surface area contributed by atoms with E-state index < -0.39 is 0 Å². The molecule has 3 heteroatoms. The molecule has 0 heterocycles. The summed E-state index contributed by atoms with van der Waals surface area (Å²) in [5.74, 6) is 0. The molecule has 19 heavy (non-hydrogen) atoms. The van der Waals surface area contributed by atoms with Crippen LogP contribution in [0.2, 0.25) is 0 Å². The van der Waals surface area contributed by atoms with Gasteiger partial charge in [-0.2, -0.15) is 0 Å². The highest BCUT2D eigenvalue weighted by Gasteiger charge is 2.13. The second kappa shape index (κ2) is 5.86. The van der Waals surface area contributed by atoms with E-state index in [1.54, 1.807) is 0 Å². The first-order valence-corrected chi connectivity index (χ1v) is 8.71. The zero-order valence-electron chi connectivity index (χ0n) is 11.1.